The van der Waals surface area contributed by atoms with E-state index < -0.39 is 9.84 Å². The molecule has 0 aliphatic heterocycles. The fourth-order valence-electron chi connectivity index (χ4n) is 5.82. The summed E-state index contributed by atoms with van der Waals surface area (Å²) in [6.45, 7) is 1.73. The lowest BCUT2D eigenvalue weighted by atomic mass is 9.47. The maximum atomic E-state index is 11.7. The maximum Gasteiger partial charge on any atom is 0.150 e. The van der Waals surface area contributed by atoms with Gasteiger partial charge in [-0.2, -0.15) is 0 Å². The Labute approximate surface area is 129 Å². The second-order valence-electron chi connectivity index (χ2n) is 7.88. The lowest BCUT2D eigenvalue weighted by Gasteiger charge is -2.59. The van der Waals surface area contributed by atoms with Gasteiger partial charge in [0, 0.05) is 11.8 Å². The van der Waals surface area contributed by atoms with Gasteiger partial charge in [-0.3, -0.25) is 11.3 Å². The lowest BCUT2D eigenvalue weighted by Crippen LogP contribution is -2.57. The van der Waals surface area contributed by atoms with Crippen molar-refractivity contribution in [1.82, 2.24) is 5.43 Å². The van der Waals surface area contributed by atoms with E-state index in [1.165, 1.54) is 38.5 Å². The standard InChI is InChI=1S/C16H30N2O2S/c1-2-21(19,20)5-3-4-15(18-17)16-9-12-6-13(10-16)8-14(7-12)11-16/h12-15,18H,2-11,17H2,1H3. The molecular formula is C16H30N2O2S. The molecule has 4 aliphatic rings. The van der Waals surface area contributed by atoms with Gasteiger partial charge in [-0.1, -0.05) is 6.92 Å². The highest BCUT2D eigenvalue weighted by Crippen LogP contribution is 2.61. The number of hydrazine groups is 1. The maximum absolute atomic E-state index is 11.7. The number of hydrogen-bond acceptors (Lipinski definition) is 4. The molecule has 0 aromatic carbocycles. The Morgan fingerprint density at radius 1 is 1.14 bits per heavy atom. The summed E-state index contributed by atoms with van der Waals surface area (Å²) in [6.07, 6.45) is 9.88. The second kappa shape index (κ2) is 5.82. The Kier molecular flexibility index (Phi) is 4.37. The van der Waals surface area contributed by atoms with Gasteiger partial charge < -0.3 is 0 Å². The molecule has 122 valence electrons. The SMILES string of the molecule is CCS(=O)(=O)CCCC(NN)C12CC3CC(CC(C3)C1)C2. The third-order valence-electron chi connectivity index (χ3n) is 6.41. The summed E-state index contributed by atoms with van der Waals surface area (Å²) < 4.78 is 23.3. The molecule has 4 aliphatic carbocycles. The van der Waals surface area contributed by atoms with E-state index in [1.807, 2.05) is 0 Å². The minimum Gasteiger partial charge on any atom is -0.271 e. The molecule has 0 heterocycles. The van der Waals surface area contributed by atoms with Crippen LogP contribution in [0.1, 0.15) is 58.3 Å². The van der Waals surface area contributed by atoms with Gasteiger partial charge in [0.2, 0.25) is 0 Å². The summed E-state index contributed by atoms with van der Waals surface area (Å²) in [5.41, 5.74) is 3.43. The van der Waals surface area contributed by atoms with Gasteiger partial charge in [0.15, 0.2) is 0 Å². The van der Waals surface area contributed by atoms with Crippen LogP contribution in [0.5, 0.6) is 0 Å². The minimum absolute atomic E-state index is 0.255. The van der Waals surface area contributed by atoms with Crippen molar-refractivity contribution in [1.29, 1.82) is 0 Å². The molecule has 0 radical (unpaired) electrons. The number of nitrogens with two attached hydrogens (primary N) is 1. The van der Waals surface area contributed by atoms with E-state index in [1.54, 1.807) is 6.92 Å². The van der Waals surface area contributed by atoms with Crippen molar-refractivity contribution < 1.29 is 8.42 Å². The number of hydrogen-bond donors (Lipinski definition) is 2. The van der Waals surface area contributed by atoms with Gasteiger partial charge in [0.25, 0.3) is 0 Å². The van der Waals surface area contributed by atoms with E-state index >= 15 is 0 Å². The normalized spacial score (nSPS) is 39.6. The molecule has 21 heavy (non-hydrogen) atoms. The van der Waals surface area contributed by atoms with E-state index in [0.29, 0.717) is 17.2 Å². The minimum atomic E-state index is -2.85. The van der Waals surface area contributed by atoms with Crippen molar-refractivity contribution in [3.63, 3.8) is 0 Å². The van der Waals surface area contributed by atoms with Gasteiger partial charge in [-0.05, 0) is 74.5 Å². The highest BCUT2D eigenvalue weighted by atomic mass is 32.2. The molecule has 0 saturated heterocycles. The summed E-state index contributed by atoms with van der Waals surface area (Å²) in [6, 6.07) is 0.304. The molecule has 0 amide bonds. The largest absolute Gasteiger partial charge is 0.271 e. The van der Waals surface area contributed by atoms with Crippen molar-refractivity contribution in [2.24, 2.45) is 29.0 Å². The Balaban J connectivity index is 1.63. The second-order valence-corrected chi connectivity index (χ2v) is 10.4. The first kappa shape index (κ1) is 15.8. The summed E-state index contributed by atoms with van der Waals surface area (Å²) in [5, 5.41) is 0. The number of sulfone groups is 1. The highest BCUT2D eigenvalue weighted by molar-refractivity contribution is 7.91. The van der Waals surface area contributed by atoms with E-state index in [0.717, 1.165) is 30.6 Å². The molecule has 0 spiro atoms. The van der Waals surface area contributed by atoms with E-state index in [-0.39, 0.29) is 5.75 Å². The number of nitrogens with one attached hydrogen (secondary N) is 1. The van der Waals surface area contributed by atoms with Gasteiger partial charge >= 0.3 is 0 Å². The summed E-state index contributed by atoms with van der Waals surface area (Å²) in [5.74, 6) is 9.17. The molecule has 1 atom stereocenters. The average Bonchev–Trinajstić information content (AvgIpc) is 2.42. The summed E-state index contributed by atoms with van der Waals surface area (Å²) in [7, 11) is -2.85. The number of rotatable bonds is 7. The molecular weight excluding hydrogens is 284 g/mol. The van der Waals surface area contributed by atoms with Crippen LogP contribution in [0.2, 0.25) is 0 Å². The monoisotopic (exact) mass is 314 g/mol. The van der Waals surface area contributed by atoms with Crippen LogP contribution < -0.4 is 11.3 Å². The van der Waals surface area contributed by atoms with Crippen molar-refractivity contribution in [3.05, 3.63) is 0 Å². The van der Waals surface area contributed by atoms with Gasteiger partial charge in [-0.25, -0.2) is 8.42 Å². The fourth-order valence-corrected chi connectivity index (χ4v) is 6.72. The van der Waals surface area contributed by atoms with Crippen LogP contribution in [0, 0.1) is 23.2 Å². The molecule has 3 N–H and O–H groups in total. The van der Waals surface area contributed by atoms with Crippen LogP contribution in [-0.4, -0.2) is 26.0 Å². The molecule has 4 fully saturated rings. The van der Waals surface area contributed by atoms with Gasteiger partial charge in [0.05, 0.1) is 5.75 Å². The first-order chi connectivity index (χ1) is 9.96. The van der Waals surface area contributed by atoms with Crippen LogP contribution in [0.4, 0.5) is 0 Å². The average molecular weight is 314 g/mol. The molecule has 0 aromatic rings. The van der Waals surface area contributed by atoms with Crippen molar-refractivity contribution in [2.45, 2.75) is 64.3 Å². The van der Waals surface area contributed by atoms with E-state index in [2.05, 4.69) is 5.43 Å². The Morgan fingerprint density at radius 3 is 2.10 bits per heavy atom. The van der Waals surface area contributed by atoms with Crippen LogP contribution in [0.3, 0.4) is 0 Å². The van der Waals surface area contributed by atoms with Gasteiger partial charge in [-0.15, -0.1) is 0 Å². The highest BCUT2D eigenvalue weighted by Gasteiger charge is 2.53. The molecule has 4 rings (SSSR count). The van der Waals surface area contributed by atoms with E-state index in [4.69, 9.17) is 5.84 Å². The Bertz CT molecular complexity index is 439. The van der Waals surface area contributed by atoms with Crippen molar-refractivity contribution in [3.8, 4) is 0 Å². The predicted molar refractivity (Wildman–Crippen MR) is 85.3 cm³/mol. The zero-order chi connectivity index (χ0) is 15.1. The molecule has 0 aromatic heterocycles. The fraction of sp³-hybridized carbons (Fsp3) is 1.00. The van der Waals surface area contributed by atoms with Crippen LogP contribution in [0.15, 0.2) is 0 Å². The quantitative estimate of drug-likeness (QED) is 0.558. The predicted octanol–water partition coefficient (Wildman–Crippen LogP) is 2.25. The first-order valence-corrected chi connectivity index (χ1v) is 10.4. The van der Waals surface area contributed by atoms with Crippen LogP contribution in [-0.2, 0) is 9.84 Å². The topological polar surface area (TPSA) is 72.2 Å². The zero-order valence-corrected chi connectivity index (χ0v) is 14.0. The molecule has 4 bridgehead atoms. The van der Waals surface area contributed by atoms with Crippen LogP contribution in [0.25, 0.3) is 0 Å². The van der Waals surface area contributed by atoms with Crippen molar-refractivity contribution >= 4 is 9.84 Å². The van der Waals surface area contributed by atoms with E-state index in [9.17, 15) is 8.42 Å². The van der Waals surface area contributed by atoms with Crippen LogP contribution >= 0.6 is 0 Å². The third kappa shape index (κ3) is 3.15. The Hall–Kier alpha value is -0.130. The molecule has 4 saturated carbocycles. The summed E-state index contributed by atoms with van der Waals surface area (Å²) >= 11 is 0. The third-order valence-corrected chi connectivity index (χ3v) is 8.20. The zero-order valence-electron chi connectivity index (χ0n) is 13.2. The molecule has 4 nitrogen and oxygen atoms in total. The molecule has 1 unspecified atom stereocenters. The van der Waals surface area contributed by atoms with Gasteiger partial charge in [0.1, 0.15) is 9.84 Å². The lowest BCUT2D eigenvalue weighted by molar-refractivity contribution is -0.0753. The first-order valence-electron chi connectivity index (χ1n) is 8.63. The Morgan fingerprint density at radius 2 is 1.67 bits per heavy atom. The smallest absolute Gasteiger partial charge is 0.150 e. The molecule has 5 heteroatoms. The summed E-state index contributed by atoms with van der Waals surface area (Å²) in [4.78, 5) is 0. The van der Waals surface area contributed by atoms with Crippen molar-refractivity contribution in [2.75, 3.05) is 11.5 Å².